The molecule has 4 N–H and O–H groups in total. The fourth-order valence-corrected chi connectivity index (χ4v) is 11.3. The molecule has 5 aliphatic carbocycles. The molecule has 214 valence electrons. The molecule has 0 radical (unpaired) electrons. The lowest BCUT2D eigenvalue weighted by atomic mass is 9.33. The number of carboxylic acid groups (broad SMARTS) is 1. The second-order valence-corrected chi connectivity index (χ2v) is 15.4. The molecule has 5 rings (SSSR count). The molecule has 0 saturated heterocycles. The molecule has 0 aromatic heterocycles. The van der Waals surface area contributed by atoms with E-state index in [-0.39, 0.29) is 40.0 Å². The standard InChI is InChI=1S/C32H51NO5/c1-18-10-13-32(27(38)33-17-24(35)36)15-14-30(6)20(25(32)19(18)2)8-9-23-29(5)16-21(34)26(37)28(3,4)22(29)11-12-31(23,30)7/h8,18-19,21-23,25-26,34,37H,9-17H2,1-7H3,(H,33,38)(H,35,36)/t18-,19+,21-,22?,23?,25+,26+,29+,30-,31-,32+/m1/s1. The van der Waals surface area contributed by atoms with E-state index < -0.39 is 23.6 Å². The van der Waals surface area contributed by atoms with Crippen LogP contribution in [0.3, 0.4) is 0 Å². The number of carboxylic acids is 1. The molecule has 11 atom stereocenters. The van der Waals surface area contributed by atoms with Gasteiger partial charge in [-0.2, -0.15) is 0 Å². The molecule has 0 bridgehead atoms. The van der Waals surface area contributed by atoms with Crippen molar-refractivity contribution in [3.8, 4) is 0 Å². The molecule has 0 heterocycles. The van der Waals surface area contributed by atoms with E-state index in [0.29, 0.717) is 30.1 Å². The first-order valence-electron chi connectivity index (χ1n) is 15.1. The van der Waals surface area contributed by atoms with Crippen LogP contribution in [0, 0.1) is 56.7 Å². The van der Waals surface area contributed by atoms with Crippen LogP contribution in [0.5, 0.6) is 0 Å². The predicted octanol–water partition coefficient (Wildman–Crippen LogP) is 5.18. The number of rotatable bonds is 3. The molecule has 0 aromatic carbocycles. The normalized spacial score (nSPS) is 51.4. The van der Waals surface area contributed by atoms with Gasteiger partial charge in [0.2, 0.25) is 5.91 Å². The minimum absolute atomic E-state index is 0.0323. The number of aliphatic carboxylic acids is 1. The summed E-state index contributed by atoms with van der Waals surface area (Å²) < 4.78 is 0. The van der Waals surface area contributed by atoms with Crippen LogP contribution < -0.4 is 5.32 Å². The van der Waals surface area contributed by atoms with Gasteiger partial charge in [0.1, 0.15) is 6.54 Å². The van der Waals surface area contributed by atoms with Crippen molar-refractivity contribution in [3.05, 3.63) is 11.6 Å². The first-order valence-corrected chi connectivity index (χ1v) is 15.1. The maximum Gasteiger partial charge on any atom is 0.322 e. The van der Waals surface area contributed by atoms with Gasteiger partial charge in [0.15, 0.2) is 0 Å². The van der Waals surface area contributed by atoms with Crippen molar-refractivity contribution < 1.29 is 24.9 Å². The Labute approximate surface area is 229 Å². The zero-order valence-electron chi connectivity index (χ0n) is 24.6. The van der Waals surface area contributed by atoms with Gasteiger partial charge in [-0.15, -0.1) is 0 Å². The van der Waals surface area contributed by atoms with Crippen molar-refractivity contribution in [1.82, 2.24) is 5.32 Å². The monoisotopic (exact) mass is 529 g/mol. The largest absolute Gasteiger partial charge is 0.480 e. The maximum absolute atomic E-state index is 13.8. The number of aliphatic hydroxyl groups excluding tert-OH is 2. The quantitative estimate of drug-likeness (QED) is 0.377. The van der Waals surface area contributed by atoms with Crippen LogP contribution in [0.4, 0.5) is 0 Å². The van der Waals surface area contributed by atoms with Gasteiger partial charge in [-0.25, -0.2) is 0 Å². The Hall–Kier alpha value is -1.40. The number of fused-ring (bicyclic) bond motifs is 7. The SMILES string of the molecule is C[C@H]1[C@H](C)CC[C@]2(C(=O)NCC(=O)O)CC[C@]3(C)C(=CCC4[C@@]5(C)C[C@@H](O)[C@H](O)C(C)(C)C5CC[C@]43C)[C@H]12. The predicted molar refractivity (Wildman–Crippen MR) is 147 cm³/mol. The first kappa shape index (κ1) is 28.1. The average molecular weight is 530 g/mol. The number of nitrogens with one attached hydrogen (secondary N) is 1. The molecule has 4 saturated carbocycles. The fourth-order valence-electron chi connectivity index (χ4n) is 11.3. The molecule has 6 nitrogen and oxygen atoms in total. The van der Waals surface area contributed by atoms with Crippen molar-refractivity contribution >= 4 is 11.9 Å². The molecule has 6 heteroatoms. The Bertz CT molecular complexity index is 1040. The summed E-state index contributed by atoms with van der Waals surface area (Å²) in [4.78, 5) is 25.1. The lowest BCUT2D eigenvalue weighted by Crippen LogP contribution is -2.67. The third kappa shape index (κ3) is 3.50. The van der Waals surface area contributed by atoms with Crippen molar-refractivity contribution in [1.29, 1.82) is 0 Å². The number of carbonyl (C=O) groups excluding carboxylic acids is 1. The highest BCUT2D eigenvalue weighted by atomic mass is 16.4. The topological polar surface area (TPSA) is 107 Å². The van der Waals surface area contributed by atoms with Crippen molar-refractivity contribution in [2.24, 2.45) is 56.7 Å². The van der Waals surface area contributed by atoms with E-state index in [1.54, 1.807) is 0 Å². The summed E-state index contributed by atoms with van der Waals surface area (Å²) in [5.41, 5.74) is 0.482. The van der Waals surface area contributed by atoms with E-state index in [0.717, 1.165) is 44.9 Å². The lowest BCUT2D eigenvalue weighted by molar-refractivity contribution is -0.231. The molecule has 0 aromatic rings. The summed E-state index contributed by atoms with van der Waals surface area (Å²) in [6.07, 6.45) is 8.35. The van der Waals surface area contributed by atoms with Crippen LogP contribution in [0.2, 0.25) is 0 Å². The van der Waals surface area contributed by atoms with E-state index in [1.807, 2.05) is 0 Å². The van der Waals surface area contributed by atoms with E-state index in [9.17, 15) is 24.9 Å². The number of allylic oxidation sites excluding steroid dienone is 2. The summed E-state index contributed by atoms with van der Waals surface area (Å²) in [7, 11) is 0. The van der Waals surface area contributed by atoms with Gasteiger partial charge < -0.3 is 20.6 Å². The van der Waals surface area contributed by atoms with E-state index >= 15 is 0 Å². The summed E-state index contributed by atoms with van der Waals surface area (Å²) in [6.45, 7) is 15.9. The third-order valence-corrected chi connectivity index (χ3v) is 13.8. The lowest BCUT2D eigenvalue weighted by Gasteiger charge is -2.71. The van der Waals surface area contributed by atoms with E-state index in [4.69, 9.17) is 0 Å². The van der Waals surface area contributed by atoms with E-state index in [2.05, 4.69) is 59.9 Å². The van der Waals surface area contributed by atoms with Crippen molar-refractivity contribution in [2.45, 2.75) is 112 Å². The second kappa shape index (κ2) is 8.80. The summed E-state index contributed by atoms with van der Waals surface area (Å²) in [6, 6.07) is 0. The van der Waals surface area contributed by atoms with Crippen LogP contribution >= 0.6 is 0 Å². The Morgan fingerprint density at radius 1 is 0.974 bits per heavy atom. The minimum Gasteiger partial charge on any atom is -0.480 e. The Morgan fingerprint density at radius 2 is 1.66 bits per heavy atom. The van der Waals surface area contributed by atoms with Gasteiger partial charge in [0, 0.05) is 0 Å². The fraction of sp³-hybridized carbons (Fsp3) is 0.875. The zero-order chi connectivity index (χ0) is 28.1. The number of hydrogen-bond donors (Lipinski definition) is 4. The summed E-state index contributed by atoms with van der Waals surface area (Å²) in [5, 5.41) is 34.1. The van der Waals surface area contributed by atoms with Crippen molar-refractivity contribution in [2.75, 3.05) is 6.54 Å². The Balaban J connectivity index is 1.58. The Kier molecular flexibility index (Phi) is 6.52. The van der Waals surface area contributed by atoms with Crippen LogP contribution in [0.25, 0.3) is 0 Å². The zero-order valence-corrected chi connectivity index (χ0v) is 24.6. The second-order valence-electron chi connectivity index (χ2n) is 15.4. The van der Waals surface area contributed by atoms with E-state index in [1.165, 1.54) is 5.57 Å². The Morgan fingerprint density at radius 3 is 2.32 bits per heavy atom. The van der Waals surface area contributed by atoms with Crippen molar-refractivity contribution in [3.63, 3.8) is 0 Å². The summed E-state index contributed by atoms with van der Waals surface area (Å²) in [5.74, 6) is 0.667. The smallest absolute Gasteiger partial charge is 0.322 e. The molecule has 38 heavy (non-hydrogen) atoms. The number of aliphatic hydroxyl groups is 2. The van der Waals surface area contributed by atoms with Gasteiger partial charge >= 0.3 is 5.97 Å². The summed E-state index contributed by atoms with van der Waals surface area (Å²) >= 11 is 0. The van der Waals surface area contributed by atoms with Gasteiger partial charge in [-0.3, -0.25) is 9.59 Å². The highest BCUT2D eigenvalue weighted by Crippen LogP contribution is 2.75. The van der Waals surface area contributed by atoms with Gasteiger partial charge in [0.05, 0.1) is 17.6 Å². The maximum atomic E-state index is 13.8. The molecule has 1 amide bonds. The number of carbonyl (C=O) groups is 2. The van der Waals surface area contributed by atoms with Crippen LogP contribution in [0.15, 0.2) is 11.6 Å². The number of hydrogen-bond acceptors (Lipinski definition) is 4. The van der Waals surface area contributed by atoms with Crippen LogP contribution in [-0.2, 0) is 9.59 Å². The average Bonchev–Trinajstić information content (AvgIpc) is 2.83. The van der Waals surface area contributed by atoms with Crippen LogP contribution in [-0.4, -0.2) is 45.9 Å². The molecular weight excluding hydrogens is 478 g/mol. The highest BCUT2D eigenvalue weighted by molar-refractivity contribution is 5.87. The van der Waals surface area contributed by atoms with Crippen LogP contribution in [0.1, 0.15) is 99.8 Å². The minimum atomic E-state index is -0.996. The third-order valence-electron chi connectivity index (χ3n) is 13.8. The molecule has 5 aliphatic rings. The molecule has 2 unspecified atom stereocenters. The molecule has 4 fully saturated rings. The molecular formula is C32H51NO5. The van der Waals surface area contributed by atoms with Gasteiger partial charge in [-0.05, 0) is 103 Å². The van der Waals surface area contributed by atoms with Gasteiger partial charge in [-0.1, -0.05) is 60.1 Å². The van der Waals surface area contributed by atoms with Gasteiger partial charge in [0.25, 0.3) is 0 Å². The molecule has 0 aliphatic heterocycles. The number of amides is 1. The highest BCUT2D eigenvalue weighted by Gasteiger charge is 2.70. The molecule has 0 spiro atoms. The first-order chi connectivity index (χ1) is 17.6.